The van der Waals surface area contributed by atoms with Crippen LogP contribution in [0.5, 0.6) is 0 Å². The van der Waals surface area contributed by atoms with Crippen molar-refractivity contribution in [2.75, 3.05) is 5.43 Å². The maximum atomic E-state index is 5.49. The maximum Gasteiger partial charge on any atom is 0.0834 e. The third-order valence-corrected chi connectivity index (χ3v) is 3.52. The lowest BCUT2D eigenvalue weighted by molar-refractivity contribution is 1.04. The van der Waals surface area contributed by atoms with E-state index in [1.165, 1.54) is 18.5 Å². The van der Waals surface area contributed by atoms with Gasteiger partial charge in [0.15, 0.2) is 0 Å². The van der Waals surface area contributed by atoms with Gasteiger partial charge in [-0.1, -0.05) is 0 Å². The van der Waals surface area contributed by atoms with E-state index < -0.39 is 0 Å². The van der Waals surface area contributed by atoms with Gasteiger partial charge in [-0.25, -0.2) is 0 Å². The second-order valence-electron chi connectivity index (χ2n) is 3.65. The van der Waals surface area contributed by atoms with Crippen molar-refractivity contribution >= 4 is 27.2 Å². The fourth-order valence-electron chi connectivity index (χ4n) is 1.67. The molecule has 0 aliphatic heterocycles. The van der Waals surface area contributed by atoms with Gasteiger partial charge in [-0.3, -0.25) is 10.8 Å². The van der Waals surface area contributed by atoms with Crippen LogP contribution in [0.1, 0.15) is 24.5 Å². The predicted molar refractivity (Wildman–Crippen MR) is 59.4 cm³/mol. The van der Waals surface area contributed by atoms with Crippen molar-refractivity contribution in [2.45, 2.75) is 18.8 Å². The second kappa shape index (κ2) is 2.93. The number of nitrogens with zero attached hydrogens (tertiary/aromatic N) is 1. The van der Waals surface area contributed by atoms with Crippen molar-refractivity contribution in [1.82, 2.24) is 4.98 Å². The molecular weight excluding hydrogens is 194 g/mol. The lowest BCUT2D eigenvalue weighted by Gasteiger charge is -2.04. The molecule has 3 nitrogen and oxygen atoms in total. The molecule has 1 fully saturated rings. The number of thiophene rings is 1. The number of nitrogens with two attached hydrogens (primary N) is 1. The van der Waals surface area contributed by atoms with E-state index in [0.29, 0.717) is 5.92 Å². The Morgan fingerprint density at radius 1 is 1.50 bits per heavy atom. The molecule has 0 saturated heterocycles. The van der Waals surface area contributed by atoms with Crippen molar-refractivity contribution < 1.29 is 0 Å². The number of aromatic nitrogens is 1. The molecule has 1 saturated carbocycles. The summed E-state index contributed by atoms with van der Waals surface area (Å²) in [6, 6.07) is 4.13. The van der Waals surface area contributed by atoms with Crippen LogP contribution in [-0.4, -0.2) is 4.98 Å². The van der Waals surface area contributed by atoms with E-state index in [0.717, 1.165) is 15.9 Å². The fraction of sp³-hybridized carbons (Fsp3) is 0.300. The first-order valence-corrected chi connectivity index (χ1v) is 5.61. The SMILES string of the molecule is NNc1cc(C2CC2)nc2ccsc12. The van der Waals surface area contributed by atoms with Crippen LogP contribution in [0.25, 0.3) is 10.2 Å². The molecule has 1 aliphatic rings. The number of nitrogens with one attached hydrogen (secondary N) is 1. The minimum atomic E-state index is 0.673. The Hall–Kier alpha value is -1.13. The van der Waals surface area contributed by atoms with Crippen molar-refractivity contribution in [2.24, 2.45) is 5.84 Å². The molecule has 0 aromatic carbocycles. The van der Waals surface area contributed by atoms with Gasteiger partial charge in [0.1, 0.15) is 0 Å². The lowest BCUT2D eigenvalue weighted by Crippen LogP contribution is -2.07. The van der Waals surface area contributed by atoms with Crippen LogP contribution in [0.4, 0.5) is 5.69 Å². The first-order chi connectivity index (χ1) is 6.88. The van der Waals surface area contributed by atoms with Crippen molar-refractivity contribution in [3.05, 3.63) is 23.2 Å². The fourth-order valence-corrected chi connectivity index (χ4v) is 2.48. The standard InChI is InChI=1S/C10H11N3S/c11-13-9-5-8(6-1-2-6)12-7-3-4-14-10(7)9/h3-6H,1-2,11H2,(H,12,13). The smallest absolute Gasteiger partial charge is 0.0834 e. The topological polar surface area (TPSA) is 50.9 Å². The Bertz CT molecular complexity index is 473. The Morgan fingerprint density at radius 2 is 2.36 bits per heavy atom. The summed E-state index contributed by atoms with van der Waals surface area (Å²) in [7, 11) is 0. The molecule has 0 amide bonds. The van der Waals surface area contributed by atoms with Gasteiger partial charge in [-0.15, -0.1) is 11.3 Å². The first kappa shape index (κ1) is 8.20. The van der Waals surface area contributed by atoms with Gasteiger partial charge >= 0.3 is 0 Å². The molecule has 72 valence electrons. The number of pyridine rings is 1. The molecular formula is C10H11N3S. The van der Waals surface area contributed by atoms with E-state index in [-0.39, 0.29) is 0 Å². The van der Waals surface area contributed by atoms with E-state index >= 15 is 0 Å². The lowest BCUT2D eigenvalue weighted by atomic mass is 10.2. The monoisotopic (exact) mass is 205 g/mol. The van der Waals surface area contributed by atoms with Gasteiger partial charge in [0.25, 0.3) is 0 Å². The average Bonchev–Trinajstić information content (AvgIpc) is 2.95. The summed E-state index contributed by atoms with van der Waals surface area (Å²) >= 11 is 1.67. The highest BCUT2D eigenvalue weighted by Gasteiger charge is 2.25. The van der Waals surface area contributed by atoms with Crippen molar-refractivity contribution in [3.8, 4) is 0 Å². The highest BCUT2D eigenvalue weighted by Crippen LogP contribution is 2.41. The van der Waals surface area contributed by atoms with Crippen molar-refractivity contribution in [1.29, 1.82) is 0 Å². The Labute approximate surface area is 85.9 Å². The summed E-state index contributed by atoms with van der Waals surface area (Å²) in [6.45, 7) is 0. The van der Waals surface area contributed by atoms with Crippen LogP contribution >= 0.6 is 11.3 Å². The summed E-state index contributed by atoms with van der Waals surface area (Å²) in [5, 5.41) is 2.05. The molecule has 0 bridgehead atoms. The molecule has 0 spiro atoms. The van der Waals surface area contributed by atoms with Gasteiger partial charge in [-0.05, 0) is 30.4 Å². The third kappa shape index (κ3) is 1.19. The van der Waals surface area contributed by atoms with E-state index in [2.05, 4.69) is 21.9 Å². The second-order valence-corrected chi connectivity index (χ2v) is 4.56. The van der Waals surface area contributed by atoms with Gasteiger partial charge < -0.3 is 5.43 Å². The summed E-state index contributed by atoms with van der Waals surface area (Å²) in [4.78, 5) is 4.62. The third-order valence-electron chi connectivity index (χ3n) is 2.58. The van der Waals surface area contributed by atoms with Crippen LogP contribution in [-0.2, 0) is 0 Å². The van der Waals surface area contributed by atoms with E-state index in [9.17, 15) is 0 Å². The number of fused-ring (bicyclic) bond motifs is 1. The molecule has 2 heterocycles. The largest absolute Gasteiger partial charge is 0.323 e. The zero-order valence-corrected chi connectivity index (χ0v) is 8.47. The zero-order chi connectivity index (χ0) is 9.54. The number of hydrogen-bond donors (Lipinski definition) is 2. The molecule has 3 rings (SSSR count). The van der Waals surface area contributed by atoms with E-state index in [1.807, 2.05) is 6.07 Å². The predicted octanol–water partition coefficient (Wildman–Crippen LogP) is 2.46. The van der Waals surface area contributed by atoms with E-state index in [1.54, 1.807) is 11.3 Å². The van der Waals surface area contributed by atoms with Crippen LogP contribution < -0.4 is 11.3 Å². The highest BCUT2D eigenvalue weighted by atomic mass is 32.1. The molecule has 0 unspecified atom stereocenters. The molecule has 14 heavy (non-hydrogen) atoms. The number of nitrogen functional groups attached to an aromatic ring is 1. The maximum absolute atomic E-state index is 5.49. The molecule has 2 aromatic heterocycles. The quantitative estimate of drug-likeness (QED) is 0.585. The van der Waals surface area contributed by atoms with Crippen LogP contribution in [0, 0.1) is 0 Å². The van der Waals surface area contributed by atoms with Crippen molar-refractivity contribution in [3.63, 3.8) is 0 Å². The summed E-state index contributed by atoms with van der Waals surface area (Å²) in [5.74, 6) is 6.17. The molecule has 3 N–H and O–H groups in total. The Kier molecular flexibility index (Phi) is 1.72. The number of rotatable bonds is 2. The minimum Gasteiger partial charge on any atom is -0.323 e. The van der Waals surface area contributed by atoms with Gasteiger partial charge in [-0.2, -0.15) is 0 Å². The first-order valence-electron chi connectivity index (χ1n) is 4.73. The van der Waals surface area contributed by atoms with Crippen LogP contribution in [0.2, 0.25) is 0 Å². The molecule has 1 aliphatic carbocycles. The average molecular weight is 205 g/mol. The molecule has 0 atom stereocenters. The highest BCUT2D eigenvalue weighted by molar-refractivity contribution is 7.17. The van der Waals surface area contributed by atoms with Crippen LogP contribution in [0.15, 0.2) is 17.5 Å². The molecule has 2 aromatic rings. The summed E-state index contributed by atoms with van der Waals surface area (Å²) in [6.07, 6.45) is 2.54. The normalized spacial score (nSPS) is 16.1. The summed E-state index contributed by atoms with van der Waals surface area (Å²) < 4.78 is 1.15. The van der Waals surface area contributed by atoms with E-state index in [4.69, 9.17) is 5.84 Å². The molecule has 0 radical (unpaired) electrons. The van der Waals surface area contributed by atoms with Crippen LogP contribution in [0.3, 0.4) is 0 Å². The Balaban J connectivity index is 2.23. The summed E-state index contributed by atoms with van der Waals surface area (Å²) in [5.41, 5.74) is 6.00. The molecule has 4 heteroatoms. The number of hydrazine groups is 1. The van der Waals surface area contributed by atoms with Gasteiger partial charge in [0.2, 0.25) is 0 Å². The minimum absolute atomic E-state index is 0.673. The number of anilines is 1. The zero-order valence-electron chi connectivity index (χ0n) is 7.66. The van der Waals surface area contributed by atoms with Gasteiger partial charge in [0.05, 0.1) is 15.9 Å². The Morgan fingerprint density at radius 3 is 3.07 bits per heavy atom. The number of hydrogen-bond acceptors (Lipinski definition) is 4. The van der Waals surface area contributed by atoms with Gasteiger partial charge in [0, 0.05) is 11.6 Å².